The molecule has 2 unspecified atom stereocenters. The van der Waals surface area contributed by atoms with Gasteiger partial charge in [-0.15, -0.1) is 0 Å². The van der Waals surface area contributed by atoms with Crippen molar-refractivity contribution >= 4 is 5.97 Å². The highest BCUT2D eigenvalue weighted by Gasteiger charge is 2.46. The first-order valence-electron chi connectivity index (χ1n) is 5.74. The summed E-state index contributed by atoms with van der Waals surface area (Å²) in [5, 5.41) is 8.56. The molecule has 0 spiro atoms. The van der Waals surface area contributed by atoms with Gasteiger partial charge in [-0.1, -0.05) is 13.8 Å². The van der Waals surface area contributed by atoms with Gasteiger partial charge in [0.2, 0.25) is 0 Å². The largest absolute Gasteiger partial charge is 0.481 e. The third kappa shape index (κ3) is 3.87. The molecule has 6 heteroatoms. The molecule has 17 heavy (non-hydrogen) atoms. The van der Waals surface area contributed by atoms with Crippen molar-refractivity contribution in [3.63, 3.8) is 0 Å². The summed E-state index contributed by atoms with van der Waals surface area (Å²) in [7, 11) is 0. The maximum Gasteiger partial charge on any atom is 0.404 e. The second kappa shape index (κ2) is 5.25. The van der Waals surface area contributed by atoms with E-state index in [1.165, 1.54) is 4.90 Å². The minimum absolute atomic E-state index is 0.230. The third-order valence-corrected chi connectivity index (χ3v) is 3.39. The van der Waals surface area contributed by atoms with E-state index in [0.29, 0.717) is 25.4 Å². The van der Waals surface area contributed by atoms with E-state index < -0.39 is 24.6 Å². The highest BCUT2D eigenvalue weighted by molar-refractivity contribution is 5.67. The summed E-state index contributed by atoms with van der Waals surface area (Å²) in [5.74, 6) is -0.840. The monoisotopic (exact) mass is 253 g/mol. The predicted molar refractivity (Wildman–Crippen MR) is 56.6 cm³/mol. The molecular weight excluding hydrogens is 235 g/mol. The van der Waals surface area contributed by atoms with Gasteiger partial charge in [-0.05, 0) is 24.8 Å². The van der Waals surface area contributed by atoms with Crippen LogP contribution in [0.25, 0.3) is 0 Å². The quantitative estimate of drug-likeness (QED) is 0.836. The molecule has 1 saturated heterocycles. The normalized spacial score (nSPS) is 24.2. The smallest absolute Gasteiger partial charge is 0.404 e. The number of carboxylic acids is 1. The lowest BCUT2D eigenvalue weighted by Gasteiger charge is -2.28. The van der Waals surface area contributed by atoms with Gasteiger partial charge in [-0.25, -0.2) is 0 Å². The van der Waals surface area contributed by atoms with Gasteiger partial charge < -0.3 is 5.11 Å². The number of halogens is 3. The van der Waals surface area contributed by atoms with E-state index >= 15 is 0 Å². The summed E-state index contributed by atoms with van der Waals surface area (Å²) >= 11 is 0. The lowest BCUT2D eigenvalue weighted by molar-refractivity contribution is -0.188. The molecule has 1 N–H and O–H groups in total. The Bertz CT molecular complexity index is 278. The number of hydrogen-bond donors (Lipinski definition) is 1. The number of hydrogen-bond acceptors (Lipinski definition) is 2. The molecule has 0 bridgehead atoms. The molecule has 0 aromatic carbocycles. The van der Waals surface area contributed by atoms with E-state index in [1.807, 2.05) is 13.8 Å². The van der Waals surface area contributed by atoms with Crippen molar-refractivity contribution in [3.8, 4) is 0 Å². The summed E-state index contributed by atoms with van der Waals surface area (Å²) in [5.41, 5.74) is 0. The maximum absolute atomic E-state index is 12.8. The Morgan fingerprint density at radius 3 is 2.41 bits per heavy atom. The zero-order valence-corrected chi connectivity index (χ0v) is 10.00. The summed E-state index contributed by atoms with van der Waals surface area (Å²) in [4.78, 5) is 11.8. The second-order valence-corrected chi connectivity index (χ2v) is 4.94. The van der Waals surface area contributed by atoms with Crippen molar-refractivity contribution in [3.05, 3.63) is 0 Å². The minimum Gasteiger partial charge on any atom is -0.481 e. The fourth-order valence-corrected chi connectivity index (χ4v) is 2.26. The van der Waals surface area contributed by atoms with E-state index in [9.17, 15) is 18.0 Å². The maximum atomic E-state index is 12.8. The van der Waals surface area contributed by atoms with Crippen molar-refractivity contribution in [2.75, 3.05) is 13.1 Å². The Morgan fingerprint density at radius 1 is 1.47 bits per heavy atom. The Balaban J connectivity index is 2.69. The van der Waals surface area contributed by atoms with Crippen molar-refractivity contribution in [2.24, 2.45) is 11.8 Å². The minimum atomic E-state index is -4.47. The van der Waals surface area contributed by atoms with E-state index in [1.54, 1.807) is 0 Å². The standard InChI is InChI=1S/C11H18F3NO2/c1-7(2)8-3-4-15(6-8)9(5-10(16)17)11(12,13)14/h7-9H,3-6H2,1-2H3,(H,16,17). The summed E-state index contributed by atoms with van der Waals surface area (Å²) < 4.78 is 38.3. The topological polar surface area (TPSA) is 40.5 Å². The molecule has 1 rings (SSSR count). The molecule has 0 amide bonds. The number of alkyl halides is 3. The van der Waals surface area contributed by atoms with Crippen LogP contribution in [0.3, 0.4) is 0 Å². The van der Waals surface area contributed by atoms with Gasteiger partial charge in [0.05, 0.1) is 6.42 Å². The van der Waals surface area contributed by atoms with Gasteiger partial charge in [0.15, 0.2) is 0 Å². The lowest BCUT2D eigenvalue weighted by Crippen LogP contribution is -2.46. The summed E-state index contributed by atoms with van der Waals surface area (Å²) in [6.45, 7) is 4.64. The Kier molecular flexibility index (Phi) is 4.41. The number of rotatable bonds is 4. The third-order valence-electron chi connectivity index (χ3n) is 3.39. The molecule has 1 aliphatic rings. The zero-order chi connectivity index (χ0) is 13.2. The fraction of sp³-hybridized carbons (Fsp3) is 0.909. The first-order chi connectivity index (χ1) is 7.71. The first-order valence-corrected chi connectivity index (χ1v) is 5.74. The molecule has 2 atom stereocenters. The highest BCUT2D eigenvalue weighted by Crippen LogP contribution is 2.33. The second-order valence-electron chi connectivity index (χ2n) is 4.94. The fourth-order valence-electron chi connectivity index (χ4n) is 2.26. The molecule has 100 valence electrons. The molecule has 1 heterocycles. The van der Waals surface area contributed by atoms with E-state index in [2.05, 4.69) is 0 Å². The van der Waals surface area contributed by atoms with Gasteiger partial charge in [-0.2, -0.15) is 13.2 Å². The molecule has 0 radical (unpaired) electrons. The van der Waals surface area contributed by atoms with Crippen LogP contribution in [-0.4, -0.2) is 41.3 Å². The molecule has 0 saturated carbocycles. The number of nitrogens with zero attached hydrogens (tertiary/aromatic N) is 1. The molecular formula is C11H18F3NO2. The van der Waals surface area contributed by atoms with Crippen molar-refractivity contribution in [2.45, 2.75) is 38.9 Å². The molecule has 0 aromatic rings. The van der Waals surface area contributed by atoms with Crippen LogP contribution in [0.2, 0.25) is 0 Å². The van der Waals surface area contributed by atoms with Crippen molar-refractivity contribution in [1.82, 2.24) is 4.90 Å². The van der Waals surface area contributed by atoms with Gasteiger partial charge >= 0.3 is 12.1 Å². The van der Waals surface area contributed by atoms with Crippen molar-refractivity contribution < 1.29 is 23.1 Å². The SMILES string of the molecule is CC(C)C1CCN(C(CC(=O)O)C(F)(F)F)C1. The molecule has 0 aromatic heterocycles. The van der Waals surface area contributed by atoms with Gasteiger partial charge in [-0.3, -0.25) is 9.69 Å². The van der Waals surface area contributed by atoms with Crippen LogP contribution in [0.1, 0.15) is 26.7 Å². The van der Waals surface area contributed by atoms with Crippen LogP contribution < -0.4 is 0 Å². The van der Waals surface area contributed by atoms with Crippen LogP contribution in [-0.2, 0) is 4.79 Å². The van der Waals surface area contributed by atoms with Crippen LogP contribution in [0, 0.1) is 11.8 Å². The number of aliphatic carboxylic acids is 1. The van der Waals surface area contributed by atoms with E-state index in [0.717, 1.165) is 0 Å². The number of carbonyl (C=O) groups is 1. The summed E-state index contributed by atoms with van der Waals surface area (Å²) in [6.07, 6.45) is -4.62. The molecule has 1 fully saturated rings. The number of likely N-dealkylation sites (tertiary alicyclic amines) is 1. The Hall–Kier alpha value is -0.780. The van der Waals surface area contributed by atoms with Gasteiger partial charge in [0, 0.05) is 6.54 Å². The Morgan fingerprint density at radius 2 is 2.06 bits per heavy atom. The van der Waals surface area contributed by atoms with Crippen LogP contribution in [0.5, 0.6) is 0 Å². The van der Waals surface area contributed by atoms with Crippen LogP contribution in [0.15, 0.2) is 0 Å². The van der Waals surface area contributed by atoms with Crippen molar-refractivity contribution in [1.29, 1.82) is 0 Å². The average molecular weight is 253 g/mol. The van der Waals surface area contributed by atoms with E-state index in [4.69, 9.17) is 5.11 Å². The highest BCUT2D eigenvalue weighted by atomic mass is 19.4. The van der Waals surface area contributed by atoms with Crippen LogP contribution >= 0.6 is 0 Å². The first kappa shape index (κ1) is 14.3. The molecule has 3 nitrogen and oxygen atoms in total. The molecule has 0 aliphatic carbocycles. The number of carboxylic acid groups (broad SMARTS) is 1. The lowest BCUT2D eigenvalue weighted by atomic mass is 9.95. The Labute approximate surface area is 98.6 Å². The summed E-state index contributed by atoms with van der Waals surface area (Å²) in [6, 6.07) is -1.84. The predicted octanol–water partition coefficient (Wildman–Crippen LogP) is 2.37. The van der Waals surface area contributed by atoms with Crippen LogP contribution in [0.4, 0.5) is 13.2 Å². The van der Waals surface area contributed by atoms with E-state index in [-0.39, 0.29) is 5.92 Å². The zero-order valence-electron chi connectivity index (χ0n) is 10.00. The average Bonchev–Trinajstić information content (AvgIpc) is 2.60. The molecule has 1 aliphatic heterocycles. The van der Waals surface area contributed by atoms with Gasteiger partial charge in [0.1, 0.15) is 6.04 Å². The van der Waals surface area contributed by atoms with Gasteiger partial charge in [0.25, 0.3) is 0 Å².